The second-order valence-electron chi connectivity index (χ2n) is 10.9. The molecule has 2 heterocycles. The number of esters is 2. The van der Waals surface area contributed by atoms with Gasteiger partial charge in [-0.2, -0.15) is 0 Å². The maximum Gasteiger partial charge on any atom is 0.345 e. The van der Waals surface area contributed by atoms with Crippen LogP contribution >= 0.6 is 0 Å². The SMILES string of the molecule is CN1CCC[C@]23c4c5ccc(CO)c4O[C@H]2C(OC(=O)[C@H](O)[C@@H](O)C(=O)O[C@H](CC(=O)O)C(=O)O)=CC[C@@]3(O)[C@H]1C5. The van der Waals surface area contributed by atoms with Gasteiger partial charge in [0.2, 0.25) is 6.10 Å². The van der Waals surface area contributed by atoms with E-state index in [1.165, 1.54) is 6.08 Å². The zero-order chi connectivity index (χ0) is 29.9. The average molecular weight is 578 g/mol. The summed E-state index contributed by atoms with van der Waals surface area (Å²) in [6.07, 6.45) is -6.23. The van der Waals surface area contributed by atoms with Crippen LogP contribution in [-0.4, -0.2) is 109 Å². The van der Waals surface area contributed by atoms with Gasteiger partial charge in [-0.1, -0.05) is 12.1 Å². The molecular formula is C27H31NO13. The smallest absolute Gasteiger partial charge is 0.345 e. The zero-order valence-corrected chi connectivity index (χ0v) is 22.1. The van der Waals surface area contributed by atoms with E-state index in [9.17, 15) is 39.6 Å². The van der Waals surface area contributed by atoms with Crippen LogP contribution in [-0.2, 0) is 47.1 Å². The van der Waals surface area contributed by atoms with Crippen molar-refractivity contribution >= 4 is 23.9 Å². The van der Waals surface area contributed by atoms with E-state index >= 15 is 0 Å². The largest absolute Gasteiger partial charge is 0.481 e. The van der Waals surface area contributed by atoms with Crippen LogP contribution in [0.4, 0.5) is 0 Å². The molecule has 14 nitrogen and oxygen atoms in total. The number of rotatable bonds is 9. The summed E-state index contributed by atoms with van der Waals surface area (Å²) < 4.78 is 16.3. The van der Waals surface area contributed by atoms with Gasteiger partial charge < -0.3 is 49.7 Å². The Labute approximate surface area is 233 Å². The number of aliphatic hydroxyl groups excluding tert-OH is 3. The lowest BCUT2D eigenvalue weighted by atomic mass is 9.52. The average Bonchev–Trinajstić information content (AvgIpc) is 3.26. The molecular weight excluding hydrogens is 546 g/mol. The predicted octanol–water partition coefficient (Wildman–Crippen LogP) is -1.42. The normalized spacial score (nSPS) is 30.0. The molecule has 6 N–H and O–H groups in total. The molecule has 1 fully saturated rings. The first kappa shape index (κ1) is 29.0. The number of likely N-dealkylation sites (tertiary alicyclic amines) is 1. The molecule has 7 atom stereocenters. The number of hydrogen-bond donors (Lipinski definition) is 6. The van der Waals surface area contributed by atoms with Crippen LogP contribution in [0.1, 0.15) is 42.4 Å². The highest BCUT2D eigenvalue weighted by Crippen LogP contribution is 2.64. The van der Waals surface area contributed by atoms with Crippen molar-refractivity contribution in [2.45, 2.75) is 80.2 Å². The Kier molecular flexibility index (Phi) is 7.32. The molecule has 0 radical (unpaired) electrons. The standard InChI is InChI=1S/C27H31NO13/c1-28-8-2-6-26-18-12-3-4-13(11-29)21(18)41-22(26)14(5-7-27(26,38)16(28)9-12)39-24(36)19(32)20(33)25(37)40-15(23(34)35)10-17(30)31/h3-5,15-16,19-20,22,29,32-33,38H,2,6-11H2,1H3,(H,30,31)(H,34,35)/t15-,16-,19-,20-,22+,26+,27-/m1/s1. The van der Waals surface area contributed by atoms with E-state index in [2.05, 4.69) is 9.64 Å². The number of carboxylic acid groups (broad SMARTS) is 2. The van der Waals surface area contributed by atoms with Crippen molar-refractivity contribution < 1.29 is 64.0 Å². The fraction of sp³-hybridized carbons (Fsp3) is 0.556. The highest BCUT2D eigenvalue weighted by molar-refractivity contribution is 5.88. The summed E-state index contributed by atoms with van der Waals surface area (Å²) in [4.78, 5) is 49.2. The third-order valence-electron chi connectivity index (χ3n) is 8.74. The molecule has 0 aromatic heterocycles. The molecule has 41 heavy (non-hydrogen) atoms. The van der Waals surface area contributed by atoms with Crippen molar-refractivity contribution in [3.05, 3.63) is 40.7 Å². The Morgan fingerprint density at radius 2 is 1.85 bits per heavy atom. The number of likely N-dealkylation sites (N-methyl/N-ethyl adjacent to an activating group) is 1. The third kappa shape index (κ3) is 4.37. The van der Waals surface area contributed by atoms with Crippen LogP contribution in [0, 0.1) is 0 Å². The van der Waals surface area contributed by atoms with Crippen molar-refractivity contribution in [1.82, 2.24) is 4.90 Å². The first-order chi connectivity index (χ1) is 19.4. The van der Waals surface area contributed by atoms with Crippen molar-refractivity contribution in [3.63, 3.8) is 0 Å². The monoisotopic (exact) mass is 577 g/mol. The van der Waals surface area contributed by atoms with Gasteiger partial charge in [0.15, 0.2) is 18.3 Å². The molecule has 1 spiro atoms. The molecule has 222 valence electrons. The Bertz CT molecular complexity index is 1330. The van der Waals surface area contributed by atoms with E-state index in [0.29, 0.717) is 37.1 Å². The van der Waals surface area contributed by atoms with Crippen LogP contribution in [0.25, 0.3) is 0 Å². The zero-order valence-electron chi connectivity index (χ0n) is 22.1. The van der Waals surface area contributed by atoms with E-state index < -0.39 is 65.7 Å². The van der Waals surface area contributed by atoms with Crippen LogP contribution in [0.15, 0.2) is 24.0 Å². The van der Waals surface area contributed by atoms with Gasteiger partial charge in [-0.25, -0.2) is 14.4 Å². The summed E-state index contributed by atoms with van der Waals surface area (Å²) in [5.41, 5.74) is -0.225. The second kappa shape index (κ2) is 10.4. The van der Waals surface area contributed by atoms with Crippen LogP contribution < -0.4 is 4.74 Å². The number of benzene rings is 1. The van der Waals surface area contributed by atoms with Gasteiger partial charge in [-0.05, 0) is 44.5 Å². The summed E-state index contributed by atoms with van der Waals surface area (Å²) >= 11 is 0. The van der Waals surface area contributed by atoms with Crippen molar-refractivity contribution in [2.24, 2.45) is 0 Å². The van der Waals surface area contributed by atoms with Gasteiger partial charge in [0, 0.05) is 23.6 Å². The topological polar surface area (TPSA) is 221 Å². The Morgan fingerprint density at radius 1 is 1.15 bits per heavy atom. The first-order valence-corrected chi connectivity index (χ1v) is 13.1. The highest BCUT2D eigenvalue weighted by Gasteiger charge is 2.70. The van der Waals surface area contributed by atoms with E-state index in [1.54, 1.807) is 6.07 Å². The molecule has 0 amide bonds. The lowest BCUT2D eigenvalue weighted by molar-refractivity contribution is -0.182. The number of carboxylic acids is 2. The minimum absolute atomic E-state index is 0.0584. The summed E-state index contributed by atoms with van der Waals surface area (Å²) in [6.45, 7) is 0.358. The van der Waals surface area contributed by atoms with E-state index in [-0.39, 0.29) is 24.8 Å². The van der Waals surface area contributed by atoms with E-state index in [1.807, 2.05) is 13.1 Å². The Hall–Kier alpha value is -3.56. The molecule has 2 bridgehead atoms. The van der Waals surface area contributed by atoms with Gasteiger partial charge in [0.1, 0.15) is 11.5 Å². The van der Waals surface area contributed by atoms with Crippen molar-refractivity contribution in [3.8, 4) is 5.75 Å². The number of nitrogens with zero attached hydrogens (tertiary/aromatic N) is 1. The minimum atomic E-state index is -2.59. The minimum Gasteiger partial charge on any atom is -0.481 e. The molecule has 4 aliphatic rings. The van der Waals surface area contributed by atoms with Gasteiger partial charge in [-0.15, -0.1) is 0 Å². The fourth-order valence-electron chi connectivity index (χ4n) is 6.87. The number of aliphatic carboxylic acids is 2. The molecule has 14 heteroatoms. The molecule has 2 aliphatic carbocycles. The summed E-state index contributed by atoms with van der Waals surface area (Å²) in [5.74, 6) is -6.29. The van der Waals surface area contributed by atoms with Gasteiger partial charge in [0.05, 0.1) is 24.0 Å². The lowest BCUT2D eigenvalue weighted by Gasteiger charge is -2.56. The van der Waals surface area contributed by atoms with Crippen LogP contribution in [0.5, 0.6) is 5.75 Å². The number of ether oxygens (including phenoxy) is 3. The Balaban J connectivity index is 1.43. The number of carbonyl (C=O) groups is 4. The molecule has 5 rings (SSSR count). The number of hydrogen-bond acceptors (Lipinski definition) is 12. The van der Waals surface area contributed by atoms with Crippen LogP contribution in [0.2, 0.25) is 0 Å². The van der Waals surface area contributed by atoms with Gasteiger partial charge in [0.25, 0.3) is 0 Å². The maximum atomic E-state index is 12.9. The summed E-state index contributed by atoms with van der Waals surface area (Å²) in [5, 5.41) is 60.8. The van der Waals surface area contributed by atoms with E-state index in [4.69, 9.17) is 19.7 Å². The third-order valence-corrected chi connectivity index (χ3v) is 8.74. The van der Waals surface area contributed by atoms with Crippen molar-refractivity contribution in [1.29, 1.82) is 0 Å². The molecule has 0 unspecified atom stereocenters. The summed E-state index contributed by atoms with van der Waals surface area (Å²) in [7, 11) is 1.93. The Morgan fingerprint density at radius 3 is 2.51 bits per heavy atom. The molecule has 0 saturated carbocycles. The summed E-state index contributed by atoms with van der Waals surface area (Å²) in [6, 6.07) is 3.35. The molecule has 2 aliphatic heterocycles. The quantitative estimate of drug-likeness (QED) is 0.186. The first-order valence-electron chi connectivity index (χ1n) is 13.1. The molecule has 1 aromatic rings. The predicted molar refractivity (Wildman–Crippen MR) is 133 cm³/mol. The van der Waals surface area contributed by atoms with E-state index in [0.717, 1.165) is 11.1 Å². The number of aliphatic hydroxyl groups is 4. The number of carbonyl (C=O) groups excluding carboxylic acids is 2. The highest BCUT2D eigenvalue weighted by atomic mass is 16.6. The maximum absolute atomic E-state index is 12.9. The molecule has 1 aromatic carbocycles. The van der Waals surface area contributed by atoms with Crippen molar-refractivity contribution in [2.75, 3.05) is 13.6 Å². The molecule has 1 saturated heterocycles. The van der Waals surface area contributed by atoms with Gasteiger partial charge in [-0.3, -0.25) is 4.79 Å². The van der Waals surface area contributed by atoms with Gasteiger partial charge >= 0.3 is 23.9 Å². The lowest BCUT2D eigenvalue weighted by Crippen LogP contribution is -2.69. The second-order valence-corrected chi connectivity index (χ2v) is 10.9. The van der Waals surface area contributed by atoms with Crippen LogP contribution in [0.3, 0.4) is 0 Å². The fourth-order valence-corrected chi connectivity index (χ4v) is 6.87.